The van der Waals surface area contributed by atoms with E-state index >= 15 is 0 Å². The van der Waals surface area contributed by atoms with Gasteiger partial charge in [-0.3, -0.25) is 9.58 Å². The summed E-state index contributed by atoms with van der Waals surface area (Å²) in [5.74, 6) is 0. The van der Waals surface area contributed by atoms with Crippen LogP contribution in [0, 0.1) is 0 Å². The third-order valence-corrected chi connectivity index (χ3v) is 4.31. The van der Waals surface area contributed by atoms with Gasteiger partial charge in [-0.2, -0.15) is 5.10 Å². The summed E-state index contributed by atoms with van der Waals surface area (Å²) >= 11 is 0. The second-order valence-corrected chi connectivity index (χ2v) is 6.10. The van der Waals surface area contributed by atoms with E-state index in [4.69, 9.17) is 0 Å². The van der Waals surface area contributed by atoms with Crippen molar-refractivity contribution in [2.24, 2.45) is 0 Å². The van der Waals surface area contributed by atoms with Gasteiger partial charge in [0.2, 0.25) is 0 Å². The van der Waals surface area contributed by atoms with Gasteiger partial charge in [-0.25, -0.2) is 4.79 Å². The molecule has 0 aliphatic carbocycles. The Labute approximate surface area is 143 Å². The molecular formula is C18H25N5O. The molecule has 1 aromatic carbocycles. The number of aryl methyl sites for hydroxylation is 1. The van der Waals surface area contributed by atoms with Crippen molar-refractivity contribution in [3.63, 3.8) is 0 Å². The lowest BCUT2D eigenvalue weighted by Crippen LogP contribution is -2.51. The van der Waals surface area contributed by atoms with Gasteiger partial charge in [-0.15, -0.1) is 0 Å². The van der Waals surface area contributed by atoms with Crippen LogP contribution in [0.25, 0.3) is 0 Å². The summed E-state index contributed by atoms with van der Waals surface area (Å²) < 4.78 is 1.88. The molecular weight excluding hydrogens is 302 g/mol. The van der Waals surface area contributed by atoms with Crippen molar-refractivity contribution in [1.82, 2.24) is 24.9 Å². The van der Waals surface area contributed by atoms with E-state index < -0.39 is 0 Å². The first-order valence-electron chi connectivity index (χ1n) is 8.58. The fourth-order valence-electron chi connectivity index (χ4n) is 2.93. The minimum absolute atomic E-state index is 0.0508. The normalized spacial score (nSPS) is 15.4. The van der Waals surface area contributed by atoms with Crippen LogP contribution < -0.4 is 5.32 Å². The van der Waals surface area contributed by atoms with E-state index in [0.29, 0.717) is 6.54 Å². The maximum atomic E-state index is 12.2. The number of amides is 2. The van der Waals surface area contributed by atoms with Crippen molar-refractivity contribution in [1.29, 1.82) is 0 Å². The molecule has 1 aliphatic rings. The molecule has 2 amide bonds. The second-order valence-electron chi connectivity index (χ2n) is 6.10. The highest BCUT2D eigenvalue weighted by atomic mass is 16.2. The van der Waals surface area contributed by atoms with Crippen LogP contribution in [0.4, 0.5) is 4.79 Å². The third-order valence-electron chi connectivity index (χ3n) is 4.31. The second kappa shape index (κ2) is 8.49. The van der Waals surface area contributed by atoms with Gasteiger partial charge in [0.05, 0.1) is 0 Å². The van der Waals surface area contributed by atoms with E-state index in [0.717, 1.165) is 45.7 Å². The van der Waals surface area contributed by atoms with Crippen LogP contribution >= 0.6 is 0 Å². The molecule has 1 aromatic heterocycles. The van der Waals surface area contributed by atoms with E-state index in [1.165, 1.54) is 5.56 Å². The molecule has 2 heterocycles. The summed E-state index contributed by atoms with van der Waals surface area (Å²) in [6.07, 6.45) is 4.60. The number of piperazine rings is 1. The van der Waals surface area contributed by atoms with Crippen molar-refractivity contribution in [3.05, 3.63) is 54.4 Å². The van der Waals surface area contributed by atoms with Crippen molar-refractivity contribution in [2.75, 3.05) is 32.7 Å². The van der Waals surface area contributed by atoms with E-state index in [2.05, 4.69) is 39.6 Å². The van der Waals surface area contributed by atoms with E-state index in [-0.39, 0.29) is 6.03 Å². The number of carbonyl (C=O) groups excluding carboxylic acids is 1. The number of nitrogens with zero attached hydrogens (tertiary/aromatic N) is 4. The molecule has 6 heteroatoms. The molecule has 3 rings (SSSR count). The maximum Gasteiger partial charge on any atom is 0.317 e. The molecule has 1 fully saturated rings. The van der Waals surface area contributed by atoms with Crippen molar-refractivity contribution >= 4 is 6.03 Å². The molecule has 6 nitrogen and oxygen atoms in total. The number of hydrogen-bond donors (Lipinski definition) is 1. The topological polar surface area (TPSA) is 53.4 Å². The number of benzene rings is 1. The monoisotopic (exact) mass is 327 g/mol. The zero-order valence-electron chi connectivity index (χ0n) is 14.0. The zero-order valence-corrected chi connectivity index (χ0v) is 14.0. The van der Waals surface area contributed by atoms with Crippen LogP contribution in [-0.2, 0) is 13.1 Å². The molecule has 0 atom stereocenters. The predicted molar refractivity (Wildman–Crippen MR) is 93.5 cm³/mol. The lowest BCUT2D eigenvalue weighted by molar-refractivity contribution is 0.135. The van der Waals surface area contributed by atoms with Gasteiger partial charge in [-0.05, 0) is 18.1 Å². The molecule has 128 valence electrons. The van der Waals surface area contributed by atoms with Crippen LogP contribution in [0.2, 0.25) is 0 Å². The quantitative estimate of drug-likeness (QED) is 0.823. The third kappa shape index (κ3) is 4.83. The highest BCUT2D eigenvalue weighted by Gasteiger charge is 2.20. The fourth-order valence-corrected chi connectivity index (χ4v) is 2.93. The van der Waals surface area contributed by atoms with E-state index in [9.17, 15) is 4.79 Å². The Hall–Kier alpha value is -2.34. The lowest BCUT2D eigenvalue weighted by atomic mass is 10.2. The first kappa shape index (κ1) is 16.5. The molecule has 0 bridgehead atoms. The van der Waals surface area contributed by atoms with Crippen LogP contribution in [0.3, 0.4) is 0 Å². The average molecular weight is 327 g/mol. The van der Waals surface area contributed by atoms with Crippen LogP contribution in [0.1, 0.15) is 12.0 Å². The lowest BCUT2D eigenvalue weighted by Gasteiger charge is -2.34. The van der Waals surface area contributed by atoms with E-state index in [1.54, 1.807) is 6.20 Å². The first-order valence-corrected chi connectivity index (χ1v) is 8.58. The van der Waals surface area contributed by atoms with Gasteiger partial charge < -0.3 is 10.2 Å². The molecule has 1 N–H and O–H groups in total. The summed E-state index contributed by atoms with van der Waals surface area (Å²) in [4.78, 5) is 16.5. The Morgan fingerprint density at radius 2 is 1.88 bits per heavy atom. The molecule has 0 spiro atoms. The zero-order chi connectivity index (χ0) is 16.6. The highest BCUT2D eigenvalue weighted by molar-refractivity contribution is 5.74. The summed E-state index contributed by atoms with van der Waals surface area (Å²) in [6.45, 7) is 5.90. The Bertz CT molecular complexity index is 606. The Balaban J connectivity index is 1.33. The molecule has 1 saturated heterocycles. The molecule has 1 aliphatic heterocycles. The first-order chi connectivity index (χ1) is 11.8. The number of rotatable bonds is 6. The molecule has 0 saturated carbocycles. The number of aromatic nitrogens is 2. The minimum atomic E-state index is 0.0508. The number of hydrogen-bond acceptors (Lipinski definition) is 3. The van der Waals surface area contributed by atoms with Gasteiger partial charge in [-0.1, -0.05) is 30.3 Å². The van der Waals surface area contributed by atoms with Crippen LogP contribution in [-0.4, -0.2) is 58.3 Å². The molecule has 0 unspecified atom stereocenters. The van der Waals surface area contributed by atoms with Gasteiger partial charge in [0.25, 0.3) is 0 Å². The largest absolute Gasteiger partial charge is 0.338 e. The number of urea groups is 1. The SMILES string of the molecule is O=C(NCCCn1cccn1)N1CCN(Cc2ccccc2)CC1. The fraction of sp³-hybridized carbons (Fsp3) is 0.444. The standard InChI is InChI=1S/C18H25N5O/c24-18(19-8-4-10-23-11-5-9-20-23)22-14-12-21(13-15-22)16-17-6-2-1-3-7-17/h1-3,5-7,9,11H,4,8,10,12-16H2,(H,19,24). The predicted octanol–water partition coefficient (Wildman–Crippen LogP) is 1.80. The number of carbonyl (C=O) groups is 1. The van der Waals surface area contributed by atoms with Crippen LogP contribution in [0.5, 0.6) is 0 Å². The summed E-state index contributed by atoms with van der Waals surface area (Å²) in [7, 11) is 0. The summed E-state index contributed by atoms with van der Waals surface area (Å²) in [5.41, 5.74) is 1.33. The van der Waals surface area contributed by atoms with Crippen molar-refractivity contribution < 1.29 is 4.79 Å². The maximum absolute atomic E-state index is 12.2. The minimum Gasteiger partial charge on any atom is -0.338 e. The van der Waals surface area contributed by atoms with Gasteiger partial charge in [0.15, 0.2) is 0 Å². The van der Waals surface area contributed by atoms with Gasteiger partial charge >= 0.3 is 6.03 Å². The van der Waals surface area contributed by atoms with Gasteiger partial charge in [0, 0.05) is 58.2 Å². The smallest absolute Gasteiger partial charge is 0.317 e. The molecule has 2 aromatic rings. The van der Waals surface area contributed by atoms with E-state index in [1.807, 2.05) is 27.9 Å². The van der Waals surface area contributed by atoms with Gasteiger partial charge in [0.1, 0.15) is 0 Å². The molecule has 24 heavy (non-hydrogen) atoms. The Morgan fingerprint density at radius 3 is 2.58 bits per heavy atom. The Morgan fingerprint density at radius 1 is 1.08 bits per heavy atom. The van der Waals surface area contributed by atoms with Crippen molar-refractivity contribution in [3.8, 4) is 0 Å². The Kier molecular flexibility index (Phi) is 5.85. The van der Waals surface area contributed by atoms with Crippen LogP contribution in [0.15, 0.2) is 48.8 Å². The number of nitrogens with one attached hydrogen (secondary N) is 1. The highest BCUT2D eigenvalue weighted by Crippen LogP contribution is 2.08. The molecule has 0 radical (unpaired) electrons. The average Bonchev–Trinajstić information content (AvgIpc) is 3.13. The summed E-state index contributed by atoms with van der Waals surface area (Å²) in [5, 5.41) is 7.16. The van der Waals surface area contributed by atoms with Crippen molar-refractivity contribution in [2.45, 2.75) is 19.5 Å². The summed E-state index contributed by atoms with van der Waals surface area (Å²) in [6, 6.07) is 12.4.